The number of aryl methyl sites for hydroxylation is 1. The molecule has 3 heterocycles. The van der Waals surface area contributed by atoms with E-state index in [1.165, 1.54) is 5.56 Å². The van der Waals surface area contributed by atoms with Crippen LogP contribution < -0.4 is 15.2 Å². The van der Waals surface area contributed by atoms with Gasteiger partial charge in [-0.1, -0.05) is 54.6 Å². The van der Waals surface area contributed by atoms with Crippen molar-refractivity contribution in [3.63, 3.8) is 0 Å². The van der Waals surface area contributed by atoms with Gasteiger partial charge in [0.05, 0.1) is 19.3 Å². The van der Waals surface area contributed by atoms with Gasteiger partial charge in [-0.25, -0.2) is 4.79 Å². The number of rotatable bonds is 9. The van der Waals surface area contributed by atoms with E-state index in [2.05, 4.69) is 11.1 Å². The SMILES string of the molecule is O=c1nc(OCC2CCCO2)c(OCCOCc2ccccc2)c2n1CCc1ccccc1-2. The largest absolute Gasteiger partial charge is 0.484 e. The van der Waals surface area contributed by atoms with E-state index < -0.39 is 0 Å². The molecular formula is C26H28N2O5. The van der Waals surface area contributed by atoms with Gasteiger partial charge in [0.25, 0.3) is 5.88 Å². The zero-order chi connectivity index (χ0) is 22.5. The van der Waals surface area contributed by atoms with Crippen molar-refractivity contribution in [2.24, 2.45) is 0 Å². The topological polar surface area (TPSA) is 71.8 Å². The lowest BCUT2D eigenvalue weighted by molar-refractivity contribution is 0.0622. The smallest absolute Gasteiger partial charge is 0.351 e. The molecule has 1 aromatic heterocycles. The molecule has 0 spiro atoms. The predicted octanol–water partition coefficient (Wildman–Crippen LogP) is 3.62. The highest BCUT2D eigenvalue weighted by molar-refractivity contribution is 5.73. The number of aromatic nitrogens is 2. The Labute approximate surface area is 192 Å². The summed E-state index contributed by atoms with van der Waals surface area (Å²) < 4.78 is 25.3. The van der Waals surface area contributed by atoms with Crippen molar-refractivity contribution < 1.29 is 18.9 Å². The molecule has 1 fully saturated rings. The van der Waals surface area contributed by atoms with Gasteiger partial charge < -0.3 is 18.9 Å². The van der Waals surface area contributed by atoms with Crippen molar-refractivity contribution in [2.45, 2.75) is 38.5 Å². The molecule has 1 atom stereocenters. The van der Waals surface area contributed by atoms with Gasteiger partial charge in [-0.3, -0.25) is 4.57 Å². The molecule has 33 heavy (non-hydrogen) atoms. The first-order chi connectivity index (χ1) is 16.3. The molecule has 1 saturated heterocycles. The Morgan fingerprint density at radius 1 is 1.03 bits per heavy atom. The third-order valence-corrected chi connectivity index (χ3v) is 6.00. The van der Waals surface area contributed by atoms with Crippen LogP contribution in [0.25, 0.3) is 11.3 Å². The van der Waals surface area contributed by atoms with Crippen LogP contribution in [0.2, 0.25) is 0 Å². The Balaban J connectivity index is 1.38. The number of hydrogen-bond donors (Lipinski definition) is 0. The normalized spacial score (nSPS) is 16.8. The average molecular weight is 449 g/mol. The minimum atomic E-state index is -0.325. The summed E-state index contributed by atoms with van der Waals surface area (Å²) in [6, 6.07) is 18.1. The summed E-state index contributed by atoms with van der Waals surface area (Å²) in [4.78, 5) is 17.1. The van der Waals surface area contributed by atoms with Crippen LogP contribution >= 0.6 is 0 Å². The molecule has 2 aromatic carbocycles. The molecule has 7 heteroatoms. The molecule has 0 radical (unpaired) electrons. The first-order valence-corrected chi connectivity index (χ1v) is 11.5. The molecule has 5 rings (SSSR count). The van der Waals surface area contributed by atoms with Crippen molar-refractivity contribution in [1.82, 2.24) is 9.55 Å². The summed E-state index contributed by atoms with van der Waals surface area (Å²) in [6.45, 7) is 2.88. The van der Waals surface area contributed by atoms with Gasteiger partial charge >= 0.3 is 5.69 Å². The minimum Gasteiger partial charge on any atom is -0.484 e. The number of hydrogen-bond acceptors (Lipinski definition) is 6. The third kappa shape index (κ3) is 4.94. The molecule has 7 nitrogen and oxygen atoms in total. The fraction of sp³-hybridized carbons (Fsp3) is 0.385. The Hall–Kier alpha value is -3.16. The molecule has 2 aliphatic heterocycles. The molecule has 172 valence electrons. The van der Waals surface area contributed by atoms with Crippen molar-refractivity contribution >= 4 is 0 Å². The van der Waals surface area contributed by atoms with Crippen molar-refractivity contribution in [3.8, 4) is 22.9 Å². The number of benzene rings is 2. The van der Waals surface area contributed by atoms with Crippen LogP contribution in [0.5, 0.6) is 11.6 Å². The summed E-state index contributed by atoms with van der Waals surface area (Å²) in [5.74, 6) is 0.713. The maximum Gasteiger partial charge on any atom is 0.351 e. The molecule has 0 amide bonds. The van der Waals surface area contributed by atoms with Crippen LogP contribution in [0, 0.1) is 0 Å². The van der Waals surface area contributed by atoms with E-state index in [-0.39, 0.29) is 17.7 Å². The molecular weight excluding hydrogens is 420 g/mol. The van der Waals surface area contributed by atoms with Gasteiger partial charge in [0.2, 0.25) is 5.75 Å². The second kappa shape index (κ2) is 10.2. The van der Waals surface area contributed by atoms with Crippen LogP contribution in [-0.2, 0) is 29.0 Å². The molecule has 3 aromatic rings. The molecule has 0 N–H and O–H groups in total. The predicted molar refractivity (Wildman–Crippen MR) is 124 cm³/mol. The third-order valence-electron chi connectivity index (χ3n) is 6.00. The van der Waals surface area contributed by atoms with Gasteiger partial charge in [0.1, 0.15) is 18.9 Å². The van der Waals surface area contributed by atoms with Crippen LogP contribution in [0.15, 0.2) is 59.4 Å². The lowest BCUT2D eigenvalue weighted by Crippen LogP contribution is -2.30. The van der Waals surface area contributed by atoms with E-state index in [0.717, 1.165) is 42.7 Å². The molecule has 0 bridgehead atoms. The Morgan fingerprint density at radius 2 is 1.88 bits per heavy atom. The summed E-state index contributed by atoms with van der Waals surface area (Å²) in [7, 11) is 0. The highest BCUT2D eigenvalue weighted by atomic mass is 16.6. The van der Waals surface area contributed by atoms with Crippen molar-refractivity contribution in [3.05, 3.63) is 76.2 Å². The lowest BCUT2D eigenvalue weighted by Gasteiger charge is -2.25. The summed E-state index contributed by atoms with van der Waals surface area (Å²) >= 11 is 0. The maximum atomic E-state index is 12.8. The van der Waals surface area contributed by atoms with Gasteiger partial charge in [0, 0.05) is 18.7 Å². The fourth-order valence-corrected chi connectivity index (χ4v) is 4.34. The standard InChI is InChI=1S/C26H28N2O5/c29-26-27-25(33-18-21-10-6-14-31-21)24(32-16-15-30-17-19-7-2-1-3-8-19)23-22-11-5-4-9-20(22)12-13-28(23)26/h1-5,7-9,11,21H,6,10,12-18H2. The fourth-order valence-electron chi connectivity index (χ4n) is 4.34. The molecule has 0 saturated carbocycles. The van der Waals surface area contributed by atoms with Crippen molar-refractivity contribution in [2.75, 3.05) is 26.4 Å². The van der Waals surface area contributed by atoms with E-state index in [1.54, 1.807) is 4.57 Å². The summed E-state index contributed by atoms with van der Waals surface area (Å²) in [6.07, 6.45) is 2.75. The highest BCUT2D eigenvalue weighted by Gasteiger charge is 2.27. The van der Waals surface area contributed by atoms with Crippen LogP contribution in [0.4, 0.5) is 0 Å². The Kier molecular flexibility index (Phi) is 6.69. The zero-order valence-electron chi connectivity index (χ0n) is 18.6. The number of nitrogens with zero attached hydrogens (tertiary/aromatic N) is 2. The summed E-state index contributed by atoms with van der Waals surface area (Å²) in [5, 5.41) is 0. The van der Waals surface area contributed by atoms with Gasteiger partial charge in [-0.05, 0) is 30.4 Å². The first-order valence-electron chi connectivity index (χ1n) is 11.5. The van der Waals surface area contributed by atoms with Gasteiger partial charge in [-0.2, -0.15) is 4.98 Å². The summed E-state index contributed by atoms with van der Waals surface area (Å²) in [5.41, 5.74) is 3.66. The number of fused-ring (bicyclic) bond motifs is 3. The van der Waals surface area contributed by atoms with E-state index in [4.69, 9.17) is 18.9 Å². The molecule has 1 unspecified atom stereocenters. The van der Waals surface area contributed by atoms with E-state index in [1.807, 2.05) is 48.5 Å². The quantitative estimate of drug-likeness (QED) is 0.466. The lowest BCUT2D eigenvalue weighted by atomic mass is 9.97. The maximum absolute atomic E-state index is 12.8. The Bertz CT molecular complexity index is 1140. The van der Waals surface area contributed by atoms with E-state index in [9.17, 15) is 4.79 Å². The Morgan fingerprint density at radius 3 is 2.73 bits per heavy atom. The van der Waals surface area contributed by atoms with E-state index in [0.29, 0.717) is 38.7 Å². The van der Waals surface area contributed by atoms with Crippen LogP contribution in [-0.4, -0.2) is 42.1 Å². The zero-order valence-corrected chi connectivity index (χ0v) is 18.6. The van der Waals surface area contributed by atoms with E-state index >= 15 is 0 Å². The van der Waals surface area contributed by atoms with Crippen LogP contribution in [0.1, 0.15) is 24.0 Å². The van der Waals surface area contributed by atoms with Crippen LogP contribution in [0.3, 0.4) is 0 Å². The monoisotopic (exact) mass is 448 g/mol. The second-order valence-corrected chi connectivity index (χ2v) is 8.27. The minimum absolute atomic E-state index is 0.0138. The van der Waals surface area contributed by atoms with Gasteiger partial charge in [0.15, 0.2) is 0 Å². The van der Waals surface area contributed by atoms with Crippen molar-refractivity contribution in [1.29, 1.82) is 0 Å². The number of ether oxygens (including phenoxy) is 4. The highest BCUT2D eigenvalue weighted by Crippen LogP contribution is 2.39. The first kappa shape index (κ1) is 21.7. The molecule has 2 aliphatic rings. The second-order valence-electron chi connectivity index (χ2n) is 8.27. The van der Waals surface area contributed by atoms with Gasteiger partial charge in [-0.15, -0.1) is 0 Å². The average Bonchev–Trinajstić information content (AvgIpc) is 3.38. The molecule has 0 aliphatic carbocycles.